The molecule has 1 aliphatic heterocycles. The fraction of sp³-hybridized carbons (Fsp3) is 0.130. The molecule has 0 saturated heterocycles. The Kier molecular flexibility index (Phi) is 4.05. The number of hydrogen-bond acceptors (Lipinski definition) is 4. The van der Waals surface area contributed by atoms with Crippen molar-refractivity contribution in [2.75, 3.05) is 6.79 Å². The van der Waals surface area contributed by atoms with Crippen LogP contribution in [-0.4, -0.2) is 21.3 Å². The lowest BCUT2D eigenvalue weighted by atomic mass is 9.99. The highest BCUT2D eigenvalue weighted by atomic mass is 16.7. The van der Waals surface area contributed by atoms with Crippen LogP contribution in [0.4, 0.5) is 0 Å². The van der Waals surface area contributed by atoms with Gasteiger partial charge in [-0.05, 0) is 36.2 Å². The number of fused-ring (bicyclic) bond motifs is 1. The van der Waals surface area contributed by atoms with E-state index in [0.717, 1.165) is 45.1 Å². The number of benzene rings is 2. The summed E-state index contributed by atoms with van der Waals surface area (Å²) in [5.41, 5.74) is 6.43. The molecular weight excluding hydrogens is 350 g/mol. The second-order valence-electron chi connectivity index (χ2n) is 6.82. The van der Waals surface area contributed by atoms with Crippen LogP contribution in [0.1, 0.15) is 11.1 Å². The Morgan fingerprint density at radius 2 is 1.82 bits per heavy atom. The van der Waals surface area contributed by atoms with Gasteiger partial charge in [0.1, 0.15) is 0 Å². The monoisotopic (exact) mass is 369 g/mol. The fourth-order valence-corrected chi connectivity index (χ4v) is 3.58. The number of pyridine rings is 1. The van der Waals surface area contributed by atoms with Crippen molar-refractivity contribution in [1.29, 1.82) is 0 Å². The maximum Gasteiger partial charge on any atom is 0.231 e. The minimum Gasteiger partial charge on any atom is -0.454 e. The van der Waals surface area contributed by atoms with Crippen molar-refractivity contribution in [3.8, 4) is 34.0 Å². The van der Waals surface area contributed by atoms with E-state index in [1.807, 2.05) is 42.9 Å². The summed E-state index contributed by atoms with van der Waals surface area (Å²) >= 11 is 0. The van der Waals surface area contributed by atoms with E-state index < -0.39 is 0 Å². The van der Waals surface area contributed by atoms with Crippen molar-refractivity contribution < 1.29 is 9.47 Å². The van der Waals surface area contributed by atoms with Crippen LogP contribution >= 0.6 is 0 Å². The average molecular weight is 369 g/mol. The zero-order valence-corrected chi connectivity index (χ0v) is 15.5. The summed E-state index contributed by atoms with van der Waals surface area (Å²) in [5, 5.41) is 0. The molecule has 0 spiro atoms. The predicted molar refractivity (Wildman–Crippen MR) is 107 cm³/mol. The van der Waals surface area contributed by atoms with Crippen LogP contribution in [0.3, 0.4) is 0 Å². The van der Waals surface area contributed by atoms with Gasteiger partial charge in [-0.1, -0.05) is 36.4 Å². The molecule has 2 aromatic carbocycles. The van der Waals surface area contributed by atoms with Crippen LogP contribution in [0.25, 0.3) is 22.5 Å². The third-order valence-corrected chi connectivity index (χ3v) is 4.94. The first-order valence-corrected chi connectivity index (χ1v) is 9.19. The molecular formula is C23H19N3O2. The predicted octanol–water partition coefficient (Wildman–Crippen LogP) is 4.70. The van der Waals surface area contributed by atoms with Gasteiger partial charge in [-0.15, -0.1) is 0 Å². The number of aromatic nitrogens is 3. The molecule has 0 atom stereocenters. The number of nitrogens with zero attached hydrogens (tertiary/aromatic N) is 3. The molecule has 3 heterocycles. The van der Waals surface area contributed by atoms with Crippen LogP contribution in [0, 0.1) is 6.92 Å². The Morgan fingerprint density at radius 3 is 2.61 bits per heavy atom. The standard InChI is InChI=1S/C23H19N3O2/c1-16-10-20-21(28-15-27-20)11-19(16)23-22(18-7-3-2-4-8-18)25-14-26(23)13-17-6-5-9-24-12-17/h2-12,14H,13,15H2,1H3. The first-order chi connectivity index (χ1) is 13.8. The highest BCUT2D eigenvalue weighted by Gasteiger charge is 2.22. The van der Waals surface area contributed by atoms with Crippen LogP contribution < -0.4 is 9.47 Å². The Bertz CT molecular complexity index is 1120. The van der Waals surface area contributed by atoms with Crippen LogP contribution in [-0.2, 0) is 6.54 Å². The van der Waals surface area contributed by atoms with Crippen molar-refractivity contribution in [3.05, 3.63) is 84.4 Å². The Balaban J connectivity index is 1.69. The van der Waals surface area contributed by atoms with Gasteiger partial charge < -0.3 is 14.0 Å². The Morgan fingerprint density at radius 1 is 1.00 bits per heavy atom. The van der Waals surface area contributed by atoms with Crippen molar-refractivity contribution in [2.45, 2.75) is 13.5 Å². The van der Waals surface area contributed by atoms with Gasteiger partial charge in [0.15, 0.2) is 11.5 Å². The molecule has 2 aromatic heterocycles. The van der Waals surface area contributed by atoms with Crippen molar-refractivity contribution in [3.63, 3.8) is 0 Å². The van der Waals surface area contributed by atoms with Crippen LogP contribution in [0.2, 0.25) is 0 Å². The molecule has 5 rings (SSSR count). The smallest absolute Gasteiger partial charge is 0.231 e. The third kappa shape index (κ3) is 2.91. The van der Waals surface area contributed by atoms with Gasteiger partial charge >= 0.3 is 0 Å². The summed E-state index contributed by atoms with van der Waals surface area (Å²) in [6.07, 6.45) is 5.57. The van der Waals surface area contributed by atoms with Crippen LogP contribution in [0.15, 0.2) is 73.3 Å². The molecule has 0 fully saturated rings. The molecule has 1 aliphatic rings. The molecule has 4 aromatic rings. The van der Waals surface area contributed by atoms with Gasteiger partial charge in [-0.25, -0.2) is 4.98 Å². The van der Waals surface area contributed by atoms with E-state index in [1.165, 1.54) is 0 Å². The minimum atomic E-state index is 0.263. The fourth-order valence-electron chi connectivity index (χ4n) is 3.58. The maximum absolute atomic E-state index is 5.63. The lowest BCUT2D eigenvalue weighted by Crippen LogP contribution is -2.02. The highest BCUT2D eigenvalue weighted by Crippen LogP contribution is 2.41. The molecule has 0 amide bonds. The van der Waals surface area contributed by atoms with E-state index in [0.29, 0.717) is 6.54 Å². The Hall–Kier alpha value is -3.60. The molecule has 5 heteroatoms. The van der Waals surface area contributed by atoms with E-state index in [-0.39, 0.29) is 6.79 Å². The van der Waals surface area contributed by atoms with Gasteiger partial charge in [-0.3, -0.25) is 4.98 Å². The van der Waals surface area contributed by atoms with Crippen molar-refractivity contribution in [1.82, 2.24) is 14.5 Å². The molecule has 28 heavy (non-hydrogen) atoms. The summed E-state index contributed by atoms with van der Waals surface area (Å²) in [6.45, 7) is 3.04. The molecule has 0 saturated carbocycles. The first kappa shape index (κ1) is 16.6. The number of hydrogen-bond donors (Lipinski definition) is 0. The van der Waals surface area contributed by atoms with Gasteiger partial charge in [-0.2, -0.15) is 0 Å². The first-order valence-electron chi connectivity index (χ1n) is 9.19. The molecule has 5 nitrogen and oxygen atoms in total. The lowest BCUT2D eigenvalue weighted by Gasteiger charge is -2.14. The molecule has 0 bridgehead atoms. The van der Waals surface area contributed by atoms with Gasteiger partial charge in [0.2, 0.25) is 6.79 Å². The maximum atomic E-state index is 5.63. The summed E-state index contributed by atoms with van der Waals surface area (Å²) in [6, 6.07) is 18.4. The van der Waals surface area contributed by atoms with E-state index >= 15 is 0 Å². The topological polar surface area (TPSA) is 49.2 Å². The summed E-state index contributed by atoms with van der Waals surface area (Å²) in [5.74, 6) is 1.56. The lowest BCUT2D eigenvalue weighted by molar-refractivity contribution is 0.174. The summed E-state index contributed by atoms with van der Waals surface area (Å²) in [4.78, 5) is 9.01. The second kappa shape index (κ2) is 6.85. The van der Waals surface area contributed by atoms with Gasteiger partial charge in [0.25, 0.3) is 0 Å². The average Bonchev–Trinajstić information content (AvgIpc) is 3.35. The van der Waals surface area contributed by atoms with Crippen molar-refractivity contribution >= 4 is 0 Å². The molecule has 0 unspecified atom stereocenters. The van der Waals surface area contributed by atoms with Crippen molar-refractivity contribution in [2.24, 2.45) is 0 Å². The number of imidazole rings is 1. The minimum absolute atomic E-state index is 0.263. The van der Waals surface area contributed by atoms with Crippen LogP contribution in [0.5, 0.6) is 11.5 Å². The van der Waals surface area contributed by atoms with E-state index in [2.05, 4.69) is 40.7 Å². The zero-order chi connectivity index (χ0) is 18.9. The van der Waals surface area contributed by atoms with E-state index in [9.17, 15) is 0 Å². The van der Waals surface area contributed by atoms with Gasteiger partial charge in [0, 0.05) is 23.5 Å². The molecule has 0 aliphatic carbocycles. The number of aryl methyl sites for hydroxylation is 1. The van der Waals surface area contributed by atoms with E-state index in [1.54, 1.807) is 6.20 Å². The number of ether oxygens (including phenoxy) is 2. The molecule has 0 radical (unpaired) electrons. The number of rotatable bonds is 4. The third-order valence-electron chi connectivity index (χ3n) is 4.94. The van der Waals surface area contributed by atoms with E-state index in [4.69, 9.17) is 14.5 Å². The highest BCUT2D eigenvalue weighted by molar-refractivity contribution is 5.81. The quantitative estimate of drug-likeness (QED) is 0.523. The largest absolute Gasteiger partial charge is 0.454 e. The molecule has 138 valence electrons. The normalized spacial score (nSPS) is 12.3. The SMILES string of the molecule is Cc1cc2c(cc1-c1c(-c3ccccc3)ncn1Cc1cccnc1)OCO2. The molecule has 0 N–H and O–H groups in total. The summed E-state index contributed by atoms with van der Waals surface area (Å²) in [7, 11) is 0. The zero-order valence-electron chi connectivity index (χ0n) is 15.5. The summed E-state index contributed by atoms with van der Waals surface area (Å²) < 4.78 is 13.3. The Labute approximate surface area is 163 Å². The van der Waals surface area contributed by atoms with Gasteiger partial charge in [0.05, 0.1) is 24.3 Å². The second-order valence-corrected chi connectivity index (χ2v) is 6.82.